The Morgan fingerprint density at radius 1 is 0.590 bits per heavy atom. The smallest absolute Gasteiger partial charge is 0.870 e. The van der Waals surface area contributed by atoms with Crippen LogP contribution in [-0.2, 0) is 42.8 Å². The number of carbonyl (C=O) groups excluding carboxylic acids is 2. The van der Waals surface area contributed by atoms with E-state index >= 15 is 0 Å². The van der Waals surface area contributed by atoms with Gasteiger partial charge in [0.1, 0.15) is 23.0 Å². The minimum absolute atomic E-state index is 0. The van der Waals surface area contributed by atoms with E-state index in [0.717, 1.165) is 13.1 Å². The van der Waals surface area contributed by atoms with Crippen LogP contribution < -0.4 is 118 Å². The first-order valence-electron chi connectivity index (χ1n) is 22.6. The summed E-state index contributed by atoms with van der Waals surface area (Å²) in [7, 11) is -4.22. The Hall–Kier alpha value is -4.49. The van der Waals surface area contributed by atoms with Crippen LogP contribution in [0.25, 0.3) is 0 Å². The quantitative estimate of drug-likeness (QED) is 0.00369. The Morgan fingerprint density at radius 2 is 0.962 bits per heavy atom. The zero-order chi connectivity index (χ0) is 55.5. The number of rotatable bonds is 30. The summed E-state index contributed by atoms with van der Waals surface area (Å²) in [5.41, 5.74) is 16.4. The fourth-order valence-corrected chi connectivity index (χ4v) is 8.20. The zero-order valence-corrected chi connectivity index (χ0v) is 50.7. The van der Waals surface area contributed by atoms with Crippen LogP contribution in [0.2, 0.25) is 0 Å². The zero-order valence-electron chi connectivity index (χ0n) is 44.2. The van der Waals surface area contributed by atoms with Gasteiger partial charge in [0, 0.05) is 58.9 Å². The van der Waals surface area contributed by atoms with E-state index in [0.29, 0.717) is 74.4 Å². The third kappa shape index (κ3) is 29.6. The van der Waals surface area contributed by atoms with Crippen molar-refractivity contribution >= 4 is 66.6 Å². The van der Waals surface area contributed by atoms with Gasteiger partial charge in [-0.05, 0) is 86.6 Å². The molecule has 0 saturated carbocycles. The molecule has 0 fully saturated rings. The molecule has 0 bridgehead atoms. The van der Waals surface area contributed by atoms with E-state index in [1.165, 1.54) is 76.6 Å². The van der Waals surface area contributed by atoms with Crippen molar-refractivity contribution in [2.75, 3.05) is 102 Å². The molecule has 32 heteroatoms. The third-order valence-corrected chi connectivity index (χ3v) is 13.1. The molecule has 0 saturated heterocycles. The SMILES string of the molecule is COc1ccccc1NC(=O)C(N=Nc1ccc(S(=O)(=O)CCNCCNCCN)cc1)=C(C)O.COc1ccccc1NC(=O)C(N=Nc1ccc(S(=O)(=O)CCOSOO[O-])cc1)=C(C)O.NCCNCCN.[Na+].[Na+].[OH-]. The van der Waals surface area contributed by atoms with Crippen molar-refractivity contribution in [1.82, 2.24) is 16.0 Å². The number of allylic oxidation sites excluding steroid dienone is 2. The molecule has 420 valence electrons. The van der Waals surface area contributed by atoms with E-state index in [2.05, 4.69) is 56.4 Å². The Morgan fingerprint density at radius 3 is 1.33 bits per heavy atom. The molecule has 0 unspecified atom stereocenters. The van der Waals surface area contributed by atoms with E-state index < -0.39 is 31.5 Å². The molecule has 0 aromatic heterocycles. The molecule has 0 aliphatic rings. The molecule has 4 rings (SSSR count). The molecular weight excluding hydrogens is 1100 g/mol. The van der Waals surface area contributed by atoms with Gasteiger partial charge in [0.15, 0.2) is 43.4 Å². The summed E-state index contributed by atoms with van der Waals surface area (Å²) >= 11 is 0.217. The average Bonchev–Trinajstić information content (AvgIpc) is 3.39. The van der Waals surface area contributed by atoms with Crippen molar-refractivity contribution in [3.05, 3.63) is 120 Å². The van der Waals surface area contributed by atoms with Crippen LogP contribution in [0.4, 0.5) is 22.7 Å². The monoisotopic (exact) mass is 1170 g/mol. The summed E-state index contributed by atoms with van der Waals surface area (Å²) in [6.07, 6.45) is 0. The van der Waals surface area contributed by atoms with Crippen LogP contribution in [0.1, 0.15) is 13.8 Å². The molecular formula is C46H66N12Na2O15S3. The molecule has 0 spiro atoms. The maximum absolute atomic E-state index is 12.6. The average molecular weight is 1170 g/mol. The summed E-state index contributed by atoms with van der Waals surface area (Å²) in [5.74, 6) is -1.64. The van der Waals surface area contributed by atoms with Gasteiger partial charge < -0.3 is 74.2 Å². The number of nitrogens with two attached hydrogens (primary N) is 3. The molecule has 27 nitrogen and oxygen atoms in total. The number of anilines is 2. The molecule has 0 aliphatic heterocycles. The van der Waals surface area contributed by atoms with E-state index in [1.807, 2.05) is 0 Å². The van der Waals surface area contributed by atoms with Gasteiger partial charge in [-0.2, -0.15) is 10.2 Å². The first kappa shape index (κ1) is 75.6. The first-order valence-corrected chi connectivity index (χ1v) is 26.6. The third-order valence-electron chi connectivity index (χ3n) is 9.28. The van der Waals surface area contributed by atoms with Gasteiger partial charge in [0.05, 0.1) is 64.9 Å². The van der Waals surface area contributed by atoms with Gasteiger partial charge in [-0.25, -0.2) is 16.8 Å². The maximum Gasteiger partial charge on any atom is 1.00 e. The summed E-state index contributed by atoms with van der Waals surface area (Å²) in [4.78, 5) is 25.3. The molecule has 14 N–H and O–H groups in total. The molecule has 4 aromatic carbocycles. The van der Waals surface area contributed by atoms with Gasteiger partial charge in [-0.1, -0.05) is 24.3 Å². The van der Waals surface area contributed by atoms with E-state index in [1.54, 1.807) is 48.5 Å². The number of methoxy groups -OCH3 is 2. The Balaban J connectivity index is 0. The molecule has 2 amide bonds. The van der Waals surface area contributed by atoms with Crippen LogP contribution in [0.15, 0.2) is 150 Å². The van der Waals surface area contributed by atoms with Crippen LogP contribution in [0, 0.1) is 0 Å². The maximum atomic E-state index is 12.6. The number of benzene rings is 4. The molecule has 0 aliphatic carbocycles. The number of ether oxygens (including phenoxy) is 2. The van der Waals surface area contributed by atoms with Crippen molar-refractivity contribution < 1.29 is 130 Å². The predicted molar refractivity (Wildman–Crippen MR) is 283 cm³/mol. The first-order chi connectivity index (χ1) is 36.0. The number of nitrogens with one attached hydrogen (secondary N) is 5. The van der Waals surface area contributed by atoms with Crippen LogP contribution in [0.5, 0.6) is 11.5 Å². The van der Waals surface area contributed by atoms with Crippen LogP contribution in [-0.4, -0.2) is 136 Å². The summed E-state index contributed by atoms with van der Waals surface area (Å²) in [6.45, 7) is 8.41. The van der Waals surface area contributed by atoms with E-state index in [9.17, 15) is 41.9 Å². The number of aliphatic hydroxyl groups is 2. The number of carbonyl (C=O) groups is 2. The second-order valence-electron chi connectivity index (χ2n) is 14.8. The van der Waals surface area contributed by atoms with Crippen molar-refractivity contribution in [2.45, 2.75) is 23.6 Å². The summed E-state index contributed by atoms with van der Waals surface area (Å²) in [5, 5.41) is 62.4. The van der Waals surface area contributed by atoms with Gasteiger partial charge in [0.2, 0.25) is 0 Å². The van der Waals surface area contributed by atoms with Crippen molar-refractivity contribution in [3.63, 3.8) is 0 Å². The van der Waals surface area contributed by atoms with Gasteiger partial charge in [-0.15, -0.1) is 14.6 Å². The number of amides is 2. The second kappa shape index (κ2) is 43.3. The molecule has 0 heterocycles. The standard InChI is InChI=1S/C23H32N6O5S.C19H21N3O9S2.C4H13N3.2Na.H2O/c1-17(30)22(23(31)27-20-5-3-4-6-21(20)34-2)29-28-18-7-9-19(10-8-18)35(32,33)16-15-26-14-13-25-12-11-24;1-13(23)18(19(24)20-16-5-3-4-6-17(16)28-2)22-21-14-7-9-15(10-8-14)33(26,27)12-11-29-32-31-30-25;5-1-3-7-4-2-6;;;/h3-10,25-26,30H,11-16,24H2,1-2H3,(H,27,31);3-10,23,25H,11-12H2,1-2H3,(H,20,24);7H,1-6H2;;;1H2/q;;;2*+1;/p-2. The summed E-state index contributed by atoms with van der Waals surface area (Å²) < 4.78 is 68.5. The number of hydrogen-bond donors (Lipinski definition) is 10. The van der Waals surface area contributed by atoms with Crippen molar-refractivity contribution in [2.24, 2.45) is 37.7 Å². The Labute approximate surface area is 502 Å². The van der Waals surface area contributed by atoms with E-state index in [-0.39, 0.29) is 133 Å². The summed E-state index contributed by atoms with van der Waals surface area (Å²) in [6, 6.07) is 24.7. The molecule has 4 aromatic rings. The predicted octanol–water partition coefficient (Wildman–Crippen LogP) is -2.77. The molecule has 0 radical (unpaired) electrons. The number of azo groups is 2. The van der Waals surface area contributed by atoms with Crippen molar-refractivity contribution in [1.29, 1.82) is 0 Å². The normalized spacial score (nSPS) is 11.7. The number of aliphatic hydroxyl groups excluding tert-OH is 2. The van der Waals surface area contributed by atoms with E-state index in [4.69, 9.17) is 30.9 Å². The second-order valence-corrected chi connectivity index (χ2v) is 19.6. The number of sulfone groups is 2. The topological polar surface area (TPSA) is 430 Å². The van der Waals surface area contributed by atoms with Crippen molar-refractivity contribution in [3.8, 4) is 11.5 Å². The van der Waals surface area contributed by atoms with Gasteiger partial charge in [0.25, 0.3) is 11.8 Å². The number of nitrogens with zero attached hydrogens (tertiary/aromatic N) is 4. The minimum atomic E-state index is -3.67. The van der Waals surface area contributed by atoms with Gasteiger partial charge >= 0.3 is 59.1 Å². The Kier molecular flexibility index (Phi) is 42.0. The fraction of sp³-hybridized carbons (Fsp3) is 0.348. The fourth-order valence-electron chi connectivity index (χ4n) is 5.59. The van der Waals surface area contributed by atoms with Crippen LogP contribution in [0.3, 0.4) is 0 Å². The minimum Gasteiger partial charge on any atom is -0.870 e. The van der Waals surface area contributed by atoms with Gasteiger partial charge in [-0.3, -0.25) is 18.8 Å². The van der Waals surface area contributed by atoms with Crippen LogP contribution >= 0.6 is 12.3 Å². The number of hydrogen-bond acceptors (Lipinski definition) is 26. The number of para-hydroxylation sites is 4. The molecule has 78 heavy (non-hydrogen) atoms. The largest absolute Gasteiger partial charge is 1.00 e. The molecule has 0 atom stereocenters. The Bertz CT molecular complexity index is 2700.